The van der Waals surface area contributed by atoms with Crippen LogP contribution in [-0.2, 0) is 24.6 Å². The van der Waals surface area contributed by atoms with Crippen LogP contribution in [0.25, 0.3) is 11.1 Å². The average Bonchev–Trinajstić information content (AvgIpc) is 3.57. The molecule has 0 bridgehead atoms. The second-order valence-corrected chi connectivity index (χ2v) is 14.1. The molecule has 2 heterocycles. The molecule has 1 aliphatic rings. The lowest BCUT2D eigenvalue weighted by molar-refractivity contribution is -0.152. The number of aliphatic hydroxyl groups excluding tert-OH is 2. The number of likely N-dealkylation sites (N-methyl/N-ethyl adjacent to an activating group) is 1. The van der Waals surface area contributed by atoms with E-state index in [1.54, 1.807) is 31.4 Å². The quantitative estimate of drug-likeness (QED) is 0.107. The molecule has 12 heteroatoms. The lowest BCUT2D eigenvalue weighted by Crippen LogP contribution is -2.52. The Hall–Kier alpha value is -4.70. The van der Waals surface area contributed by atoms with Crippen LogP contribution in [0.15, 0.2) is 67.0 Å². The van der Waals surface area contributed by atoms with E-state index in [0.29, 0.717) is 39.8 Å². The normalized spacial score (nSPS) is 15.6. The second-order valence-electron chi connectivity index (χ2n) is 13.7. The molecule has 53 heavy (non-hydrogen) atoms. The zero-order chi connectivity index (χ0) is 38.1. The van der Waals surface area contributed by atoms with E-state index in [1.165, 1.54) is 18.0 Å². The number of aromatic nitrogens is 1. The number of β-amino-alcohol motifs (C(OH)–C–C–N with tert-alkyl or cyclic N) is 1. The predicted molar refractivity (Wildman–Crippen MR) is 202 cm³/mol. The van der Waals surface area contributed by atoms with Gasteiger partial charge in [-0.2, -0.15) is 5.26 Å². The van der Waals surface area contributed by atoms with Crippen LogP contribution in [0.5, 0.6) is 17.2 Å². The first kappa shape index (κ1) is 39.5. The van der Waals surface area contributed by atoms with E-state index in [-0.39, 0.29) is 25.9 Å². The number of aliphatic hydroxyl groups is 2. The number of carbonyl (C=O) groups is 1. The molecule has 1 aromatic heterocycles. The monoisotopic (exact) mass is 742 g/mol. The smallest absolute Gasteiger partial charge is 0.326 e. The third kappa shape index (κ3) is 9.65. The summed E-state index contributed by atoms with van der Waals surface area (Å²) in [7, 11) is 1.61. The Kier molecular flexibility index (Phi) is 13.3. The minimum atomic E-state index is -1.55. The molecular formula is C41H47ClN4O7. The van der Waals surface area contributed by atoms with Crippen LogP contribution in [0.2, 0.25) is 5.02 Å². The van der Waals surface area contributed by atoms with E-state index in [0.717, 1.165) is 66.0 Å². The third-order valence-corrected chi connectivity index (χ3v) is 10.3. The third-order valence-electron chi connectivity index (χ3n) is 9.98. The first-order valence-electron chi connectivity index (χ1n) is 17.6. The van der Waals surface area contributed by atoms with Crippen molar-refractivity contribution in [2.45, 2.75) is 65.0 Å². The highest BCUT2D eigenvalue weighted by atomic mass is 35.5. The van der Waals surface area contributed by atoms with Gasteiger partial charge < -0.3 is 34.4 Å². The topological polar surface area (TPSA) is 149 Å². The molecule has 0 aliphatic carbocycles. The number of carboxylic acid groups (broad SMARTS) is 1. The number of halogens is 1. The van der Waals surface area contributed by atoms with Crippen molar-refractivity contribution < 1.29 is 34.3 Å². The fraction of sp³-hybridized carbons (Fsp3) is 0.390. The van der Waals surface area contributed by atoms with Gasteiger partial charge in [0.2, 0.25) is 0 Å². The summed E-state index contributed by atoms with van der Waals surface area (Å²) >= 11 is 6.78. The molecule has 5 rings (SSSR count). The molecule has 1 aliphatic heterocycles. The van der Waals surface area contributed by atoms with Gasteiger partial charge in [0.15, 0.2) is 0 Å². The Morgan fingerprint density at radius 2 is 1.75 bits per heavy atom. The number of rotatable bonds is 17. The van der Waals surface area contributed by atoms with Crippen LogP contribution >= 0.6 is 11.6 Å². The van der Waals surface area contributed by atoms with Crippen molar-refractivity contribution in [3.8, 4) is 34.4 Å². The molecule has 1 saturated heterocycles. The number of nitriles is 1. The van der Waals surface area contributed by atoms with E-state index in [4.69, 9.17) is 25.8 Å². The van der Waals surface area contributed by atoms with E-state index < -0.39 is 18.1 Å². The Morgan fingerprint density at radius 1 is 1.02 bits per heavy atom. The number of benzene rings is 3. The lowest BCUT2D eigenvalue weighted by atomic mass is 9.93. The predicted octanol–water partition coefficient (Wildman–Crippen LogP) is 6.15. The van der Waals surface area contributed by atoms with E-state index in [2.05, 4.69) is 41.9 Å². The van der Waals surface area contributed by atoms with E-state index in [9.17, 15) is 25.4 Å². The minimum Gasteiger partial charge on any atom is -0.493 e. The standard InChI is InChI=1S/C41H47ClN4O7/c1-27-31(8-5-9-34(27)35-10-6-11-37(28(35)2)51-15-7-13-46-14-12-33(48)23-46)25-53-39-18-38(52-24-30-16-29(19-43)20-44-21-30)32(17-36(39)42)22-45(4)41(3,26-47)40(49)50/h5-6,8-11,16-18,20-21,33,47-48H,7,12-15,22-26H2,1-4H3,(H,49,50). The molecule has 2 unspecified atom stereocenters. The molecule has 11 nitrogen and oxygen atoms in total. The minimum absolute atomic E-state index is 0.0857. The highest BCUT2D eigenvalue weighted by Crippen LogP contribution is 2.37. The summed E-state index contributed by atoms with van der Waals surface area (Å²) in [4.78, 5) is 19.9. The van der Waals surface area contributed by atoms with Crippen LogP contribution in [0, 0.1) is 25.2 Å². The molecule has 2 atom stereocenters. The summed E-state index contributed by atoms with van der Waals surface area (Å²) in [6.45, 7) is 8.52. The zero-order valence-electron chi connectivity index (χ0n) is 30.6. The van der Waals surface area contributed by atoms with Crippen LogP contribution in [0.4, 0.5) is 0 Å². The molecular weight excluding hydrogens is 696 g/mol. The summed E-state index contributed by atoms with van der Waals surface area (Å²) in [5.74, 6) is 0.450. The van der Waals surface area contributed by atoms with Crippen molar-refractivity contribution in [2.75, 3.05) is 39.9 Å². The summed E-state index contributed by atoms with van der Waals surface area (Å²) in [5.41, 5.74) is 5.29. The van der Waals surface area contributed by atoms with Gasteiger partial charge in [-0.3, -0.25) is 14.7 Å². The van der Waals surface area contributed by atoms with E-state index >= 15 is 0 Å². The first-order valence-corrected chi connectivity index (χ1v) is 18.0. The maximum Gasteiger partial charge on any atom is 0.326 e. The van der Waals surface area contributed by atoms with Gasteiger partial charge in [-0.15, -0.1) is 0 Å². The average molecular weight is 743 g/mol. The number of ether oxygens (including phenoxy) is 3. The summed E-state index contributed by atoms with van der Waals surface area (Å²) in [6, 6.07) is 19.3. The Labute approximate surface area is 315 Å². The molecule has 0 radical (unpaired) electrons. The van der Waals surface area contributed by atoms with Gasteiger partial charge in [-0.05, 0) is 86.7 Å². The van der Waals surface area contributed by atoms with Crippen LogP contribution in [0.3, 0.4) is 0 Å². The van der Waals surface area contributed by atoms with Crippen molar-refractivity contribution in [3.05, 3.63) is 105 Å². The molecule has 280 valence electrons. The SMILES string of the molecule is Cc1c(COc2cc(OCc3cncc(C#N)c3)c(CN(C)C(C)(CO)C(=O)O)cc2Cl)cccc1-c1cccc(OCCCN2CCC(O)C2)c1C. The van der Waals surface area contributed by atoms with Crippen molar-refractivity contribution in [1.29, 1.82) is 5.26 Å². The van der Waals surface area contributed by atoms with Gasteiger partial charge in [0, 0.05) is 55.8 Å². The van der Waals surface area contributed by atoms with Gasteiger partial charge >= 0.3 is 5.97 Å². The van der Waals surface area contributed by atoms with Gasteiger partial charge in [-0.1, -0.05) is 41.9 Å². The summed E-state index contributed by atoms with van der Waals surface area (Å²) in [5, 5.41) is 39.2. The lowest BCUT2D eigenvalue weighted by Gasteiger charge is -2.33. The van der Waals surface area contributed by atoms with Crippen LogP contribution in [-0.4, -0.2) is 87.6 Å². The molecule has 0 spiro atoms. The van der Waals surface area contributed by atoms with Crippen molar-refractivity contribution in [3.63, 3.8) is 0 Å². The number of likely N-dealkylation sites (tertiary alicyclic amines) is 1. The largest absolute Gasteiger partial charge is 0.493 e. The number of nitrogens with zero attached hydrogens (tertiary/aromatic N) is 4. The fourth-order valence-electron chi connectivity index (χ4n) is 6.35. The molecule has 3 aromatic carbocycles. The van der Waals surface area contributed by atoms with Gasteiger partial charge in [0.25, 0.3) is 0 Å². The number of carboxylic acids is 1. The molecule has 1 fully saturated rings. The van der Waals surface area contributed by atoms with E-state index in [1.807, 2.05) is 24.3 Å². The fourth-order valence-corrected chi connectivity index (χ4v) is 6.59. The first-order chi connectivity index (χ1) is 25.4. The van der Waals surface area contributed by atoms with Gasteiger partial charge in [0.1, 0.15) is 42.1 Å². The van der Waals surface area contributed by atoms with Crippen LogP contribution in [0.1, 0.15) is 53.1 Å². The highest BCUT2D eigenvalue weighted by molar-refractivity contribution is 6.32. The van der Waals surface area contributed by atoms with Crippen molar-refractivity contribution >= 4 is 17.6 Å². The molecule has 0 saturated carbocycles. The molecule has 0 amide bonds. The number of aliphatic carboxylic acids is 1. The maximum absolute atomic E-state index is 12.0. The van der Waals surface area contributed by atoms with Crippen molar-refractivity contribution in [2.24, 2.45) is 0 Å². The Balaban J connectivity index is 1.34. The Bertz CT molecular complexity index is 1950. The van der Waals surface area contributed by atoms with Crippen molar-refractivity contribution in [1.82, 2.24) is 14.8 Å². The van der Waals surface area contributed by atoms with Crippen LogP contribution < -0.4 is 14.2 Å². The van der Waals surface area contributed by atoms with Gasteiger partial charge in [-0.25, -0.2) is 0 Å². The summed E-state index contributed by atoms with van der Waals surface area (Å²) < 4.78 is 18.8. The number of pyridine rings is 1. The number of hydrogen-bond donors (Lipinski definition) is 3. The zero-order valence-corrected chi connectivity index (χ0v) is 31.4. The highest BCUT2D eigenvalue weighted by Gasteiger charge is 2.37. The molecule has 4 aromatic rings. The molecule has 3 N–H and O–H groups in total. The summed E-state index contributed by atoms with van der Waals surface area (Å²) in [6.07, 6.45) is 4.56. The Morgan fingerprint density at radius 3 is 2.45 bits per heavy atom. The maximum atomic E-state index is 12.0. The van der Waals surface area contributed by atoms with Gasteiger partial charge in [0.05, 0.1) is 29.9 Å². The second kappa shape index (κ2) is 17.9. The number of hydrogen-bond acceptors (Lipinski definition) is 10.